The van der Waals surface area contributed by atoms with Gasteiger partial charge in [0.25, 0.3) is 0 Å². The zero-order valence-electron chi connectivity index (χ0n) is 23.1. The normalized spacial score (nSPS) is 21.1. The Hall–Kier alpha value is -2.87. The second kappa shape index (κ2) is 10.9. The summed E-state index contributed by atoms with van der Waals surface area (Å²) in [5, 5.41) is 11.2. The van der Waals surface area contributed by atoms with Crippen LogP contribution in [0, 0.1) is 11.3 Å². The van der Waals surface area contributed by atoms with Gasteiger partial charge in [-0.25, -0.2) is 9.98 Å². The molecule has 1 aromatic carbocycles. The number of nitrogens with zero attached hydrogens (tertiary/aromatic N) is 5. The Balaban J connectivity index is 1.40. The molecule has 3 aliphatic rings. The predicted octanol–water partition coefficient (Wildman–Crippen LogP) is 4.77. The molecule has 2 aromatic rings. The summed E-state index contributed by atoms with van der Waals surface area (Å²) in [6, 6.07) is 8.15. The van der Waals surface area contributed by atoms with Gasteiger partial charge >= 0.3 is 0 Å². The van der Waals surface area contributed by atoms with E-state index < -0.39 is 0 Å². The summed E-state index contributed by atoms with van der Waals surface area (Å²) in [7, 11) is 0. The average molecular weight is 506 g/mol. The average Bonchev–Trinajstić information content (AvgIpc) is 3.48. The van der Waals surface area contributed by atoms with Gasteiger partial charge in [0.2, 0.25) is 0 Å². The molecular weight excluding hydrogens is 462 g/mol. The zero-order chi connectivity index (χ0) is 26.1. The molecule has 0 amide bonds. The van der Waals surface area contributed by atoms with Gasteiger partial charge in [-0.2, -0.15) is 0 Å². The topological polar surface area (TPSA) is 81.8 Å². The molecule has 200 valence electrons. The standard InChI is InChI=1S/C29H43N7O/c1-19(2)31-28(32-21(5)30)25-18-35-15-16-37-27-17-23(8-9-24(27)29(35)33-25)36-12-6-7-26(36)22-10-13-34(14-11-22)20(3)4/h8-9,17-20,22,26H,6-7,10-16H2,1-5H3,(H2,30,31,32)/t26-/m0/s1. The fourth-order valence-corrected chi connectivity index (χ4v) is 6.19. The van der Waals surface area contributed by atoms with Crippen LogP contribution in [-0.2, 0) is 6.54 Å². The first kappa shape index (κ1) is 25.8. The lowest BCUT2D eigenvalue weighted by Gasteiger charge is -2.40. The molecule has 3 aliphatic heterocycles. The maximum atomic E-state index is 7.87. The smallest absolute Gasteiger partial charge is 0.155 e. The number of nitrogens with one attached hydrogen (secondary N) is 2. The third-order valence-corrected chi connectivity index (χ3v) is 8.00. The summed E-state index contributed by atoms with van der Waals surface area (Å²) in [4.78, 5) is 14.7. The number of rotatable bonds is 5. The van der Waals surface area contributed by atoms with Crippen LogP contribution in [0.1, 0.15) is 66.0 Å². The first-order valence-electron chi connectivity index (χ1n) is 14.1. The number of imidazole rings is 1. The van der Waals surface area contributed by atoms with E-state index in [0.29, 0.717) is 24.5 Å². The van der Waals surface area contributed by atoms with E-state index in [9.17, 15) is 0 Å². The molecule has 0 bridgehead atoms. The summed E-state index contributed by atoms with van der Waals surface area (Å²) in [6.07, 6.45) is 7.17. The van der Waals surface area contributed by atoms with Crippen molar-refractivity contribution >= 4 is 17.4 Å². The minimum Gasteiger partial charge on any atom is -0.491 e. The van der Waals surface area contributed by atoms with E-state index in [-0.39, 0.29) is 11.9 Å². The lowest BCUT2D eigenvalue weighted by Crippen LogP contribution is -2.44. The van der Waals surface area contributed by atoms with Crippen LogP contribution in [0.15, 0.2) is 29.4 Å². The number of aromatic nitrogens is 2. The highest BCUT2D eigenvalue weighted by Gasteiger charge is 2.35. The number of ether oxygens (including phenoxy) is 1. The third kappa shape index (κ3) is 5.54. The molecule has 4 heterocycles. The predicted molar refractivity (Wildman–Crippen MR) is 151 cm³/mol. The van der Waals surface area contributed by atoms with Crippen LogP contribution >= 0.6 is 0 Å². The minimum absolute atomic E-state index is 0.198. The number of anilines is 1. The highest BCUT2D eigenvalue weighted by Crippen LogP contribution is 2.40. The Labute approximate surface area is 221 Å². The molecule has 2 N–H and O–H groups in total. The quantitative estimate of drug-likeness (QED) is 0.452. The van der Waals surface area contributed by atoms with Crippen molar-refractivity contribution in [3.63, 3.8) is 0 Å². The summed E-state index contributed by atoms with van der Waals surface area (Å²) in [5.41, 5.74) is 3.06. The van der Waals surface area contributed by atoms with Gasteiger partial charge < -0.3 is 24.4 Å². The number of amidine groups is 2. The second-order valence-electron chi connectivity index (χ2n) is 11.4. The van der Waals surface area contributed by atoms with E-state index in [1.165, 1.54) is 44.5 Å². The molecule has 0 spiro atoms. The molecule has 8 nitrogen and oxygen atoms in total. The third-order valence-electron chi connectivity index (χ3n) is 8.00. The Morgan fingerprint density at radius 3 is 2.59 bits per heavy atom. The number of piperidine rings is 1. The highest BCUT2D eigenvalue weighted by atomic mass is 16.5. The van der Waals surface area contributed by atoms with Gasteiger partial charge in [-0.05, 0) is 91.4 Å². The monoisotopic (exact) mass is 505 g/mol. The number of fused-ring (bicyclic) bond motifs is 3. The molecular formula is C29H43N7O. The van der Waals surface area contributed by atoms with Crippen LogP contribution in [-0.4, -0.2) is 70.5 Å². The number of aliphatic imine (C=N–C) groups is 1. The van der Waals surface area contributed by atoms with Crippen molar-refractivity contribution in [2.45, 2.75) is 85.0 Å². The van der Waals surface area contributed by atoms with Crippen LogP contribution in [0.3, 0.4) is 0 Å². The lowest BCUT2D eigenvalue weighted by atomic mass is 9.87. The molecule has 0 saturated carbocycles. The highest BCUT2D eigenvalue weighted by molar-refractivity contribution is 6.04. The Kier molecular flexibility index (Phi) is 7.56. The van der Waals surface area contributed by atoms with Crippen molar-refractivity contribution < 1.29 is 4.74 Å². The Bertz CT molecular complexity index is 1140. The minimum atomic E-state index is 0.198. The molecule has 0 aliphatic carbocycles. The van der Waals surface area contributed by atoms with Gasteiger partial charge in [0.1, 0.15) is 29.7 Å². The molecule has 2 saturated heterocycles. The van der Waals surface area contributed by atoms with Gasteiger partial charge in [-0.1, -0.05) is 0 Å². The van der Waals surface area contributed by atoms with E-state index in [2.05, 4.69) is 70.6 Å². The largest absolute Gasteiger partial charge is 0.491 e. The number of benzene rings is 1. The molecule has 37 heavy (non-hydrogen) atoms. The van der Waals surface area contributed by atoms with Crippen LogP contribution in [0.25, 0.3) is 11.4 Å². The molecule has 0 unspecified atom stereocenters. The van der Waals surface area contributed by atoms with Gasteiger partial charge in [0.05, 0.1) is 12.1 Å². The van der Waals surface area contributed by atoms with Crippen LogP contribution in [0.2, 0.25) is 0 Å². The molecule has 5 rings (SSSR count). The van der Waals surface area contributed by atoms with Crippen LogP contribution in [0.4, 0.5) is 5.69 Å². The Morgan fingerprint density at radius 2 is 1.89 bits per heavy atom. The number of likely N-dealkylation sites (tertiary alicyclic amines) is 1. The lowest BCUT2D eigenvalue weighted by molar-refractivity contribution is 0.138. The van der Waals surface area contributed by atoms with E-state index in [4.69, 9.17) is 15.1 Å². The summed E-state index contributed by atoms with van der Waals surface area (Å²) in [6.45, 7) is 15.3. The molecule has 2 fully saturated rings. The Morgan fingerprint density at radius 1 is 1.11 bits per heavy atom. The van der Waals surface area contributed by atoms with Crippen molar-refractivity contribution in [3.05, 3.63) is 30.1 Å². The van der Waals surface area contributed by atoms with Crippen molar-refractivity contribution in [2.24, 2.45) is 10.9 Å². The SMILES string of the molecule is CC(=N)/N=C(\NC(C)C)c1cn2c(n1)-c1ccc(N3CCC[C@H]3C3CCN(C(C)C)CC3)cc1OCC2. The van der Waals surface area contributed by atoms with E-state index in [1.807, 2.05) is 6.20 Å². The maximum Gasteiger partial charge on any atom is 0.155 e. The summed E-state index contributed by atoms with van der Waals surface area (Å²) < 4.78 is 8.42. The summed E-state index contributed by atoms with van der Waals surface area (Å²) in [5.74, 6) is 3.48. The van der Waals surface area contributed by atoms with Crippen LogP contribution in [0.5, 0.6) is 5.75 Å². The van der Waals surface area contributed by atoms with E-state index in [1.54, 1.807) is 6.92 Å². The van der Waals surface area contributed by atoms with Gasteiger partial charge in [0, 0.05) is 42.6 Å². The maximum absolute atomic E-state index is 7.87. The zero-order valence-corrected chi connectivity index (χ0v) is 23.1. The number of hydrogen-bond acceptors (Lipinski definition) is 5. The molecule has 1 aromatic heterocycles. The van der Waals surface area contributed by atoms with Gasteiger partial charge in [-0.15, -0.1) is 0 Å². The van der Waals surface area contributed by atoms with E-state index >= 15 is 0 Å². The van der Waals surface area contributed by atoms with Crippen molar-refractivity contribution in [2.75, 3.05) is 31.1 Å². The van der Waals surface area contributed by atoms with Crippen LogP contribution < -0.4 is 15.0 Å². The fourth-order valence-electron chi connectivity index (χ4n) is 6.19. The van der Waals surface area contributed by atoms with Crippen molar-refractivity contribution in [3.8, 4) is 17.1 Å². The van der Waals surface area contributed by atoms with Gasteiger partial charge in [-0.3, -0.25) is 5.41 Å². The van der Waals surface area contributed by atoms with Gasteiger partial charge in [0.15, 0.2) is 5.84 Å². The first-order valence-corrected chi connectivity index (χ1v) is 14.1. The molecule has 0 radical (unpaired) electrons. The van der Waals surface area contributed by atoms with Crippen molar-refractivity contribution in [1.82, 2.24) is 19.8 Å². The van der Waals surface area contributed by atoms with E-state index in [0.717, 1.165) is 41.8 Å². The molecule has 1 atom stereocenters. The second-order valence-corrected chi connectivity index (χ2v) is 11.4. The van der Waals surface area contributed by atoms with Crippen molar-refractivity contribution in [1.29, 1.82) is 5.41 Å². The first-order chi connectivity index (χ1) is 17.8. The summed E-state index contributed by atoms with van der Waals surface area (Å²) >= 11 is 0. The number of hydrogen-bond donors (Lipinski definition) is 2. The molecule has 8 heteroatoms. The fraction of sp³-hybridized carbons (Fsp3) is 0.621.